The SMILES string of the molecule is CCCc1c(OCc2ccc(Sc3ccc(N)cc3)cc2)ccc(C(C)=O)c1O. The second kappa shape index (κ2) is 9.52. The Morgan fingerprint density at radius 3 is 2.21 bits per heavy atom. The number of phenolic OH excluding ortho intramolecular Hbond substituents is 1. The molecule has 3 aromatic rings. The van der Waals surface area contributed by atoms with Gasteiger partial charge in [-0.25, -0.2) is 0 Å². The van der Waals surface area contributed by atoms with Crippen LogP contribution in [0.15, 0.2) is 70.5 Å². The molecule has 3 rings (SSSR count). The van der Waals surface area contributed by atoms with E-state index in [-0.39, 0.29) is 11.5 Å². The van der Waals surface area contributed by atoms with Gasteiger partial charge in [-0.15, -0.1) is 0 Å². The maximum atomic E-state index is 11.7. The Morgan fingerprint density at radius 2 is 1.62 bits per heavy atom. The van der Waals surface area contributed by atoms with E-state index in [1.54, 1.807) is 23.9 Å². The van der Waals surface area contributed by atoms with Crippen LogP contribution in [0.2, 0.25) is 0 Å². The number of hydrogen-bond donors (Lipinski definition) is 2. The normalized spacial score (nSPS) is 10.7. The number of hydrogen-bond acceptors (Lipinski definition) is 5. The highest BCUT2D eigenvalue weighted by molar-refractivity contribution is 7.99. The van der Waals surface area contributed by atoms with Crippen LogP contribution >= 0.6 is 11.8 Å². The van der Waals surface area contributed by atoms with Crippen LogP contribution in [-0.4, -0.2) is 10.9 Å². The van der Waals surface area contributed by atoms with Crippen LogP contribution in [0, 0.1) is 0 Å². The van der Waals surface area contributed by atoms with Crippen molar-refractivity contribution in [1.82, 2.24) is 0 Å². The fraction of sp³-hybridized carbons (Fsp3) is 0.208. The molecule has 4 nitrogen and oxygen atoms in total. The van der Waals surface area contributed by atoms with E-state index in [1.807, 2.05) is 43.3 Å². The molecule has 0 aromatic heterocycles. The van der Waals surface area contributed by atoms with E-state index < -0.39 is 0 Å². The first-order valence-electron chi connectivity index (χ1n) is 9.59. The van der Waals surface area contributed by atoms with Crippen molar-refractivity contribution >= 4 is 23.2 Å². The maximum absolute atomic E-state index is 11.7. The van der Waals surface area contributed by atoms with Crippen molar-refractivity contribution < 1.29 is 14.6 Å². The standard InChI is InChI=1S/C24H25NO3S/c1-3-4-22-23(14-13-21(16(2)26)24(22)27)28-15-17-5-9-19(10-6-17)29-20-11-7-18(25)8-12-20/h5-14,27H,3-4,15,25H2,1-2H3. The summed E-state index contributed by atoms with van der Waals surface area (Å²) in [7, 11) is 0. The number of nitrogens with two attached hydrogens (primary N) is 1. The summed E-state index contributed by atoms with van der Waals surface area (Å²) in [5, 5.41) is 10.5. The summed E-state index contributed by atoms with van der Waals surface area (Å²) in [4.78, 5) is 13.9. The van der Waals surface area contributed by atoms with Crippen LogP contribution < -0.4 is 10.5 Å². The Bertz CT molecular complexity index is 982. The Hall–Kier alpha value is -2.92. The van der Waals surface area contributed by atoms with Crippen molar-refractivity contribution in [3.8, 4) is 11.5 Å². The number of anilines is 1. The molecule has 0 saturated carbocycles. The quantitative estimate of drug-likeness (QED) is 0.361. The topological polar surface area (TPSA) is 72.5 Å². The van der Waals surface area contributed by atoms with Gasteiger partial charge in [-0.3, -0.25) is 4.79 Å². The Labute approximate surface area is 175 Å². The van der Waals surface area contributed by atoms with Gasteiger partial charge < -0.3 is 15.6 Å². The van der Waals surface area contributed by atoms with Gasteiger partial charge in [-0.2, -0.15) is 0 Å². The zero-order valence-electron chi connectivity index (χ0n) is 16.6. The molecule has 0 aliphatic rings. The minimum atomic E-state index is -0.152. The molecule has 5 heteroatoms. The second-order valence-corrected chi connectivity index (χ2v) is 8.00. The number of nitrogen functional groups attached to an aromatic ring is 1. The molecular weight excluding hydrogens is 382 g/mol. The van der Waals surface area contributed by atoms with E-state index in [9.17, 15) is 9.90 Å². The van der Waals surface area contributed by atoms with E-state index in [4.69, 9.17) is 10.5 Å². The summed E-state index contributed by atoms with van der Waals surface area (Å²) in [6.45, 7) is 3.87. The molecular formula is C24H25NO3S. The molecule has 0 spiro atoms. The molecule has 150 valence electrons. The van der Waals surface area contributed by atoms with Gasteiger partial charge in [0.05, 0.1) is 5.56 Å². The maximum Gasteiger partial charge on any atom is 0.163 e. The van der Waals surface area contributed by atoms with Crippen molar-refractivity contribution in [2.45, 2.75) is 43.1 Å². The first-order chi connectivity index (χ1) is 14.0. The molecule has 0 unspecified atom stereocenters. The molecule has 3 aromatic carbocycles. The van der Waals surface area contributed by atoms with E-state index in [0.717, 1.165) is 27.5 Å². The minimum Gasteiger partial charge on any atom is -0.507 e. The zero-order valence-corrected chi connectivity index (χ0v) is 17.5. The largest absolute Gasteiger partial charge is 0.507 e. The number of ketones is 1. The Balaban J connectivity index is 1.69. The van der Waals surface area contributed by atoms with E-state index in [0.29, 0.717) is 29.9 Å². The van der Waals surface area contributed by atoms with Crippen molar-refractivity contribution in [2.75, 3.05) is 5.73 Å². The van der Waals surface area contributed by atoms with Crippen molar-refractivity contribution in [3.63, 3.8) is 0 Å². The van der Waals surface area contributed by atoms with E-state index >= 15 is 0 Å². The van der Waals surface area contributed by atoms with Gasteiger partial charge in [0.1, 0.15) is 18.1 Å². The lowest BCUT2D eigenvalue weighted by Crippen LogP contribution is -2.02. The lowest BCUT2D eigenvalue weighted by Gasteiger charge is -2.15. The molecule has 0 atom stereocenters. The Kier molecular flexibility index (Phi) is 6.83. The van der Waals surface area contributed by atoms with Crippen molar-refractivity contribution in [1.29, 1.82) is 0 Å². The number of carbonyl (C=O) groups is 1. The summed E-state index contributed by atoms with van der Waals surface area (Å²) >= 11 is 1.67. The summed E-state index contributed by atoms with van der Waals surface area (Å²) in [5.41, 5.74) is 8.54. The second-order valence-electron chi connectivity index (χ2n) is 6.85. The van der Waals surface area contributed by atoms with Crippen LogP contribution in [0.25, 0.3) is 0 Å². The Morgan fingerprint density at radius 1 is 1.00 bits per heavy atom. The predicted octanol–water partition coefficient (Wildman–Crippen LogP) is 5.86. The van der Waals surface area contributed by atoms with E-state index in [2.05, 4.69) is 12.1 Å². The monoisotopic (exact) mass is 407 g/mol. The number of Topliss-reactive ketones (excluding diaryl/α,β-unsaturated/α-hetero) is 1. The van der Waals surface area contributed by atoms with Crippen LogP contribution in [0.1, 0.15) is 41.8 Å². The molecule has 0 aliphatic heterocycles. The minimum absolute atomic E-state index is 0.0343. The summed E-state index contributed by atoms with van der Waals surface area (Å²) in [5.74, 6) is 0.502. The number of carbonyl (C=O) groups excluding carboxylic acids is 1. The summed E-state index contributed by atoms with van der Waals surface area (Å²) in [6.07, 6.45) is 1.50. The van der Waals surface area contributed by atoms with Crippen LogP contribution in [0.5, 0.6) is 11.5 Å². The third kappa shape index (κ3) is 5.33. The lowest BCUT2D eigenvalue weighted by atomic mass is 10.0. The van der Waals surface area contributed by atoms with Gasteiger partial charge in [0, 0.05) is 21.0 Å². The molecule has 0 heterocycles. The fourth-order valence-electron chi connectivity index (χ4n) is 3.02. The number of aromatic hydroxyl groups is 1. The highest BCUT2D eigenvalue weighted by Crippen LogP contribution is 2.34. The van der Waals surface area contributed by atoms with Gasteiger partial charge >= 0.3 is 0 Å². The number of rotatable bonds is 8. The highest BCUT2D eigenvalue weighted by Gasteiger charge is 2.16. The van der Waals surface area contributed by atoms with Crippen molar-refractivity contribution in [3.05, 3.63) is 77.4 Å². The number of phenols is 1. The van der Waals surface area contributed by atoms with Gasteiger partial charge in [0.25, 0.3) is 0 Å². The van der Waals surface area contributed by atoms with Gasteiger partial charge in [0.2, 0.25) is 0 Å². The third-order valence-electron chi connectivity index (χ3n) is 4.55. The van der Waals surface area contributed by atoms with Gasteiger partial charge in [0.15, 0.2) is 5.78 Å². The smallest absolute Gasteiger partial charge is 0.163 e. The summed E-state index contributed by atoms with van der Waals surface area (Å²) < 4.78 is 5.97. The van der Waals surface area contributed by atoms with E-state index in [1.165, 1.54) is 6.92 Å². The number of benzene rings is 3. The average Bonchev–Trinajstić information content (AvgIpc) is 2.71. The third-order valence-corrected chi connectivity index (χ3v) is 5.57. The summed E-state index contributed by atoms with van der Waals surface area (Å²) in [6, 6.07) is 19.4. The molecule has 3 N–H and O–H groups in total. The van der Waals surface area contributed by atoms with Crippen LogP contribution in [-0.2, 0) is 13.0 Å². The molecule has 0 radical (unpaired) electrons. The average molecular weight is 408 g/mol. The first kappa shape index (κ1) is 20.8. The molecule has 0 fully saturated rings. The molecule has 0 bridgehead atoms. The van der Waals surface area contributed by atoms with Gasteiger partial charge in [-0.1, -0.05) is 37.2 Å². The predicted molar refractivity (Wildman–Crippen MR) is 118 cm³/mol. The van der Waals surface area contributed by atoms with Crippen LogP contribution in [0.4, 0.5) is 5.69 Å². The molecule has 0 saturated heterocycles. The van der Waals surface area contributed by atoms with Crippen LogP contribution in [0.3, 0.4) is 0 Å². The molecule has 0 amide bonds. The first-order valence-corrected chi connectivity index (χ1v) is 10.4. The highest BCUT2D eigenvalue weighted by atomic mass is 32.2. The number of ether oxygens (including phenoxy) is 1. The fourth-order valence-corrected chi connectivity index (χ4v) is 3.83. The molecule has 0 aliphatic carbocycles. The van der Waals surface area contributed by atoms with Gasteiger partial charge in [-0.05, 0) is 67.4 Å². The lowest BCUT2D eigenvalue weighted by molar-refractivity contribution is 0.101. The van der Waals surface area contributed by atoms with Crippen molar-refractivity contribution in [2.24, 2.45) is 0 Å². The molecule has 29 heavy (non-hydrogen) atoms. The zero-order chi connectivity index (χ0) is 20.8.